The zero-order valence-corrected chi connectivity index (χ0v) is 18.5. The summed E-state index contributed by atoms with van der Waals surface area (Å²) in [6.07, 6.45) is 1.54. The highest BCUT2D eigenvalue weighted by Crippen LogP contribution is 2.37. The van der Waals surface area contributed by atoms with Crippen LogP contribution < -0.4 is 9.64 Å². The fraction of sp³-hybridized carbons (Fsp3) is 0. The van der Waals surface area contributed by atoms with Gasteiger partial charge in [0.25, 0.3) is 16.8 Å². The fourth-order valence-corrected chi connectivity index (χ4v) is 4.09. The third-order valence-electron chi connectivity index (χ3n) is 4.62. The Morgan fingerprint density at radius 1 is 0.941 bits per heavy atom. The first-order valence-corrected chi connectivity index (χ1v) is 10.7. The number of amides is 2. The Morgan fingerprint density at radius 3 is 2.32 bits per heavy atom. The van der Waals surface area contributed by atoms with E-state index in [1.54, 1.807) is 30.3 Å². The van der Waals surface area contributed by atoms with Gasteiger partial charge in [-0.05, 0) is 59.8 Å². The van der Waals surface area contributed by atoms with Crippen LogP contribution in [0.1, 0.15) is 5.56 Å². The maximum Gasteiger partial charge on any atom is 0.318 e. The number of nitrogens with zero attached hydrogens (tertiary/aromatic N) is 3. The molecule has 0 unspecified atom stereocenters. The minimum Gasteiger partial charge on any atom is -0.450 e. The van der Waals surface area contributed by atoms with Crippen molar-refractivity contribution in [3.63, 3.8) is 0 Å². The predicted molar refractivity (Wildman–Crippen MR) is 126 cm³/mol. The van der Waals surface area contributed by atoms with Gasteiger partial charge < -0.3 is 4.74 Å². The molecular formula is C22H12ClN3O7S. The molecule has 0 N–H and O–H groups in total. The van der Waals surface area contributed by atoms with Crippen molar-refractivity contribution < 1.29 is 24.2 Å². The van der Waals surface area contributed by atoms with Crippen molar-refractivity contribution in [2.45, 2.75) is 0 Å². The summed E-state index contributed by atoms with van der Waals surface area (Å²) in [7, 11) is 0. The van der Waals surface area contributed by atoms with Crippen molar-refractivity contribution in [2.75, 3.05) is 4.90 Å². The van der Waals surface area contributed by atoms with Crippen LogP contribution in [0.15, 0.2) is 71.6 Å². The minimum atomic E-state index is -0.771. The number of halogens is 1. The number of nitro groups is 2. The summed E-state index contributed by atoms with van der Waals surface area (Å²) in [4.78, 5) is 47.0. The van der Waals surface area contributed by atoms with E-state index in [4.69, 9.17) is 16.3 Å². The summed E-state index contributed by atoms with van der Waals surface area (Å²) in [5.74, 6) is -0.411. The van der Waals surface area contributed by atoms with Gasteiger partial charge in [-0.2, -0.15) is 0 Å². The van der Waals surface area contributed by atoms with E-state index in [1.165, 1.54) is 24.3 Å². The molecule has 1 heterocycles. The minimum absolute atomic E-state index is 0.161. The number of hydrogen-bond acceptors (Lipinski definition) is 8. The molecule has 1 aliphatic heterocycles. The number of anilines is 1. The van der Waals surface area contributed by atoms with E-state index in [2.05, 4.69) is 0 Å². The van der Waals surface area contributed by atoms with Crippen LogP contribution in [0.25, 0.3) is 6.08 Å². The molecule has 1 saturated heterocycles. The SMILES string of the molecule is O=C1S/C(=C/c2ccc(Oc3ccc([N+](=O)[O-])cc3[N+](=O)[O-])cc2)C(=O)N1c1cccc(Cl)c1. The molecule has 0 saturated carbocycles. The highest BCUT2D eigenvalue weighted by atomic mass is 35.5. The maximum atomic E-state index is 12.8. The summed E-state index contributed by atoms with van der Waals surface area (Å²) in [5, 5.41) is 22.1. The van der Waals surface area contributed by atoms with Gasteiger partial charge in [0.2, 0.25) is 5.75 Å². The Labute approximate surface area is 200 Å². The van der Waals surface area contributed by atoms with Crippen molar-refractivity contribution in [2.24, 2.45) is 0 Å². The van der Waals surface area contributed by atoms with E-state index in [1.807, 2.05) is 0 Å². The quantitative estimate of drug-likeness (QED) is 0.223. The highest BCUT2D eigenvalue weighted by molar-refractivity contribution is 8.19. The molecule has 0 bridgehead atoms. The molecule has 34 heavy (non-hydrogen) atoms. The molecule has 170 valence electrons. The standard InChI is InChI=1S/C22H12ClN3O7S/c23-14-2-1-3-15(11-14)24-21(27)20(34-22(24)28)10-13-4-7-17(8-5-13)33-19-9-6-16(25(29)30)12-18(19)26(31)32/h1-12H/b20-10+. The number of nitro benzene ring substituents is 2. The molecule has 1 aliphatic rings. The Morgan fingerprint density at radius 2 is 1.68 bits per heavy atom. The van der Waals surface area contributed by atoms with Crippen molar-refractivity contribution in [1.29, 1.82) is 0 Å². The summed E-state index contributed by atoms with van der Waals surface area (Å²) >= 11 is 6.74. The number of rotatable bonds is 6. The molecule has 1 fully saturated rings. The van der Waals surface area contributed by atoms with Gasteiger partial charge in [-0.1, -0.05) is 29.8 Å². The monoisotopic (exact) mass is 497 g/mol. The number of ether oxygens (including phenoxy) is 1. The van der Waals surface area contributed by atoms with E-state index in [9.17, 15) is 29.8 Å². The molecular weight excluding hydrogens is 486 g/mol. The molecule has 0 atom stereocenters. The largest absolute Gasteiger partial charge is 0.450 e. The van der Waals surface area contributed by atoms with Crippen LogP contribution >= 0.6 is 23.4 Å². The molecule has 4 rings (SSSR count). The highest BCUT2D eigenvalue weighted by Gasteiger charge is 2.36. The summed E-state index contributed by atoms with van der Waals surface area (Å²) in [6.45, 7) is 0. The number of non-ortho nitro benzene ring substituents is 1. The van der Waals surface area contributed by atoms with Crippen LogP contribution in [0.2, 0.25) is 5.02 Å². The van der Waals surface area contributed by atoms with Gasteiger partial charge in [-0.25, -0.2) is 4.90 Å². The van der Waals surface area contributed by atoms with E-state index < -0.39 is 32.4 Å². The Balaban J connectivity index is 1.54. The lowest BCUT2D eigenvalue weighted by atomic mass is 10.2. The molecule has 12 heteroatoms. The number of carbonyl (C=O) groups is 2. The first kappa shape index (κ1) is 23.0. The molecule has 3 aromatic rings. The maximum absolute atomic E-state index is 12.8. The van der Waals surface area contributed by atoms with E-state index in [-0.39, 0.29) is 16.4 Å². The molecule has 0 spiro atoms. The number of thioether (sulfide) groups is 1. The van der Waals surface area contributed by atoms with Gasteiger partial charge in [0, 0.05) is 11.1 Å². The number of imide groups is 1. The molecule has 2 amide bonds. The Bertz CT molecular complexity index is 1380. The van der Waals surface area contributed by atoms with Crippen molar-refractivity contribution in [3.05, 3.63) is 102 Å². The normalized spacial score (nSPS) is 14.5. The molecule has 3 aromatic carbocycles. The molecule has 0 aliphatic carbocycles. The number of carbonyl (C=O) groups excluding carboxylic acids is 2. The lowest BCUT2D eigenvalue weighted by Crippen LogP contribution is -2.27. The second kappa shape index (κ2) is 9.33. The lowest BCUT2D eigenvalue weighted by molar-refractivity contribution is -0.394. The zero-order chi connectivity index (χ0) is 24.4. The van der Waals surface area contributed by atoms with Crippen LogP contribution in [0.5, 0.6) is 11.5 Å². The molecule has 10 nitrogen and oxygen atoms in total. The van der Waals surface area contributed by atoms with Gasteiger partial charge in [0.05, 0.1) is 26.5 Å². The van der Waals surface area contributed by atoms with Crippen LogP contribution in [0.4, 0.5) is 21.9 Å². The fourth-order valence-electron chi connectivity index (χ4n) is 3.06. The van der Waals surface area contributed by atoms with Gasteiger partial charge in [-0.3, -0.25) is 29.8 Å². The smallest absolute Gasteiger partial charge is 0.318 e. The van der Waals surface area contributed by atoms with E-state index in [0.29, 0.717) is 16.3 Å². The summed E-state index contributed by atoms with van der Waals surface area (Å²) in [6, 6.07) is 15.7. The van der Waals surface area contributed by atoms with E-state index >= 15 is 0 Å². The van der Waals surface area contributed by atoms with Crippen molar-refractivity contribution in [1.82, 2.24) is 0 Å². The number of hydrogen-bond donors (Lipinski definition) is 0. The average Bonchev–Trinajstić information content (AvgIpc) is 3.07. The van der Waals surface area contributed by atoms with Gasteiger partial charge in [0.15, 0.2) is 0 Å². The molecule has 0 radical (unpaired) electrons. The Kier molecular flexibility index (Phi) is 6.30. The van der Waals surface area contributed by atoms with Crippen LogP contribution in [-0.2, 0) is 4.79 Å². The van der Waals surface area contributed by atoms with Crippen LogP contribution in [-0.4, -0.2) is 21.0 Å². The number of benzene rings is 3. The van der Waals surface area contributed by atoms with Crippen LogP contribution in [0, 0.1) is 20.2 Å². The second-order valence-corrected chi connectivity index (χ2v) is 8.26. The van der Waals surface area contributed by atoms with Crippen molar-refractivity contribution >= 4 is 57.6 Å². The third-order valence-corrected chi connectivity index (χ3v) is 5.72. The topological polar surface area (TPSA) is 133 Å². The average molecular weight is 498 g/mol. The van der Waals surface area contributed by atoms with Gasteiger partial charge >= 0.3 is 5.69 Å². The predicted octanol–water partition coefficient (Wildman–Crippen LogP) is 6.19. The second-order valence-electron chi connectivity index (χ2n) is 6.83. The zero-order valence-electron chi connectivity index (χ0n) is 16.9. The van der Waals surface area contributed by atoms with Crippen LogP contribution in [0.3, 0.4) is 0 Å². The summed E-state index contributed by atoms with van der Waals surface area (Å²) < 4.78 is 5.52. The lowest BCUT2D eigenvalue weighted by Gasteiger charge is -2.12. The summed E-state index contributed by atoms with van der Waals surface area (Å²) in [5.41, 5.74) is -0.0249. The molecule has 0 aromatic heterocycles. The first-order valence-electron chi connectivity index (χ1n) is 9.47. The third kappa shape index (κ3) is 4.75. The first-order chi connectivity index (χ1) is 16.2. The Hall–Kier alpha value is -4.22. The van der Waals surface area contributed by atoms with Crippen molar-refractivity contribution in [3.8, 4) is 11.5 Å². The van der Waals surface area contributed by atoms with Gasteiger partial charge in [0.1, 0.15) is 5.75 Å². The van der Waals surface area contributed by atoms with Gasteiger partial charge in [-0.15, -0.1) is 0 Å². The van der Waals surface area contributed by atoms with E-state index in [0.717, 1.165) is 34.9 Å².